The Labute approximate surface area is 113 Å². The molecule has 0 aliphatic rings. The third-order valence-electron chi connectivity index (χ3n) is 2.08. The van der Waals surface area contributed by atoms with Crippen LogP contribution in [-0.4, -0.2) is 46.4 Å². The zero-order chi connectivity index (χ0) is 14.6. The number of rotatable bonds is 5. The van der Waals surface area contributed by atoms with Gasteiger partial charge in [0.25, 0.3) is 16.0 Å². The van der Waals surface area contributed by atoms with E-state index >= 15 is 0 Å². The number of hydrogen-bond donors (Lipinski definition) is 2. The third kappa shape index (κ3) is 2.88. The second-order valence-corrected chi connectivity index (χ2v) is 5.02. The molecule has 2 aromatic heterocycles. The summed E-state index contributed by atoms with van der Waals surface area (Å²) in [5.74, 6) is -1.02. The maximum Gasteiger partial charge on any atom is 0.342 e. The fourth-order valence-corrected chi connectivity index (χ4v) is 2.33. The molecule has 0 spiro atoms. The van der Waals surface area contributed by atoms with Gasteiger partial charge in [0.05, 0.1) is 25.2 Å². The average molecular weight is 298 g/mol. The first kappa shape index (κ1) is 13.9. The lowest BCUT2D eigenvalue weighted by Gasteiger charge is -2.05. The van der Waals surface area contributed by atoms with Gasteiger partial charge in [-0.1, -0.05) is 0 Å². The third-order valence-corrected chi connectivity index (χ3v) is 3.38. The number of esters is 1. The molecule has 0 saturated heterocycles. The van der Waals surface area contributed by atoms with E-state index in [2.05, 4.69) is 30.1 Å². The molecule has 0 aromatic carbocycles. The second-order valence-electron chi connectivity index (χ2n) is 3.41. The summed E-state index contributed by atoms with van der Waals surface area (Å²) in [5.41, 5.74) is -0.205. The van der Waals surface area contributed by atoms with Gasteiger partial charge in [-0.25, -0.2) is 14.5 Å². The zero-order valence-electron chi connectivity index (χ0n) is 10.3. The van der Waals surface area contributed by atoms with E-state index in [1.165, 1.54) is 12.4 Å². The maximum absolute atomic E-state index is 12.1. The van der Waals surface area contributed by atoms with Crippen molar-refractivity contribution in [3.05, 3.63) is 24.2 Å². The van der Waals surface area contributed by atoms with Crippen molar-refractivity contribution < 1.29 is 17.9 Å². The predicted octanol–water partition coefficient (Wildman–Crippen LogP) is -0.428. The van der Waals surface area contributed by atoms with Crippen molar-refractivity contribution in [3.8, 4) is 0 Å². The minimum absolute atomic E-state index is 0.114. The molecule has 0 aliphatic carbocycles. The normalized spacial score (nSPS) is 11.1. The summed E-state index contributed by atoms with van der Waals surface area (Å²) in [6, 6.07) is 0. The van der Waals surface area contributed by atoms with Crippen LogP contribution in [0, 0.1) is 0 Å². The van der Waals surface area contributed by atoms with Crippen molar-refractivity contribution >= 4 is 21.9 Å². The number of ether oxygens (including phenoxy) is 1. The molecule has 0 radical (unpaired) electrons. The largest absolute Gasteiger partial charge is 0.462 e. The Balaban J connectivity index is 2.31. The Morgan fingerprint density at radius 3 is 2.90 bits per heavy atom. The van der Waals surface area contributed by atoms with Crippen LogP contribution < -0.4 is 4.72 Å². The van der Waals surface area contributed by atoms with Gasteiger partial charge in [0.1, 0.15) is 5.56 Å². The molecular formula is C9H10N6O4S. The number of carbonyl (C=O) groups excluding carboxylic acids is 1. The van der Waals surface area contributed by atoms with Gasteiger partial charge in [0.2, 0.25) is 0 Å². The van der Waals surface area contributed by atoms with Crippen LogP contribution in [0.15, 0.2) is 23.6 Å². The van der Waals surface area contributed by atoms with Crippen LogP contribution >= 0.6 is 0 Å². The smallest absolute Gasteiger partial charge is 0.342 e. The molecule has 2 rings (SSSR count). The van der Waals surface area contributed by atoms with E-state index < -0.39 is 21.0 Å². The van der Waals surface area contributed by atoms with Gasteiger partial charge >= 0.3 is 5.97 Å². The van der Waals surface area contributed by atoms with Crippen molar-refractivity contribution in [3.63, 3.8) is 0 Å². The molecule has 0 aliphatic heterocycles. The van der Waals surface area contributed by atoms with E-state index in [4.69, 9.17) is 4.74 Å². The molecule has 0 fully saturated rings. The van der Waals surface area contributed by atoms with Gasteiger partial charge in [-0.05, 0) is 6.92 Å². The Hall–Kier alpha value is -2.56. The summed E-state index contributed by atoms with van der Waals surface area (Å²) in [4.78, 5) is 15.3. The molecule has 2 heterocycles. The fourth-order valence-electron chi connectivity index (χ4n) is 1.30. The molecule has 20 heavy (non-hydrogen) atoms. The molecular weight excluding hydrogens is 288 g/mol. The molecule has 2 N–H and O–H groups in total. The monoisotopic (exact) mass is 298 g/mol. The highest BCUT2D eigenvalue weighted by Crippen LogP contribution is 2.15. The van der Waals surface area contributed by atoms with Crippen molar-refractivity contribution in [2.24, 2.45) is 0 Å². The standard InChI is InChI=1S/C9H10N6O4S/c1-2-19-8(16)6-5-12-13-7(6)20(17,18)15-9-10-3-4-11-14-9/h3-5H,2H2,1H3,(H,12,13)(H,10,14,15). The second kappa shape index (κ2) is 5.61. The van der Waals surface area contributed by atoms with Crippen molar-refractivity contribution in [2.45, 2.75) is 11.9 Å². The number of nitrogens with zero attached hydrogens (tertiary/aromatic N) is 4. The van der Waals surface area contributed by atoms with Crippen LogP contribution in [0.1, 0.15) is 17.3 Å². The molecule has 2 aromatic rings. The Morgan fingerprint density at radius 2 is 2.25 bits per heavy atom. The van der Waals surface area contributed by atoms with E-state index in [0.29, 0.717) is 0 Å². The first-order valence-electron chi connectivity index (χ1n) is 5.41. The molecule has 106 valence electrons. The first-order chi connectivity index (χ1) is 9.54. The number of sulfonamides is 1. The summed E-state index contributed by atoms with van der Waals surface area (Å²) in [6.07, 6.45) is 3.62. The lowest BCUT2D eigenvalue weighted by Crippen LogP contribution is -2.19. The van der Waals surface area contributed by atoms with Gasteiger partial charge in [-0.15, -0.1) is 5.10 Å². The van der Waals surface area contributed by atoms with Crippen molar-refractivity contribution in [1.82, 2.24) is 25.4 Å². The van der Waals surface area contributed by atoms with E-state index in [1.54, 1.807) is 6.92 Å². The van der Waals surface area contributed by atoms with Gasteiger partial charge < -0.3 is 4.74 Å². The number of aromatic nitrogens is 5. The topological polar surface area (TPSA) is 140 Å². The Morgan fingerprint density at radius 1 is 1.45 bits per heavy atom. The van der Waals surface area contributed by atoms with Crippen LogP contribution in [-0.2, 0) is 14.8 Å². The number of aromatic amines is 1. The van der Waals surface area contributed by atoms with Crippen LogP contribution in [0.3, 0.4) is 0 Å². The number of hydrogen-bond acceptors (Lipinski definition) is 8. The highest BCUT2D eigenvalue weighted by Gasteiger charge is 2.26. The SMILES string of the molecule is CCOC(=O)c1cn[nH]c1S(=O)(=O)Nc1nccnn1. The summed E-state index contributed by atoms with van der Waals surface area (Å²) in [7, 11) is -4.10. The quantitative estimate of drug-likeness (QED) is 0.709. The summed E-state index contributed by atoms with van der Waals surface area (Å²) in [5, 5.41) is 12.3. The fraction of sp³-hybridized carbons (Fsp3) is 0.222. The van der Waals surface area contributed by atoms with E-state index in [9.17, 15) is 13.2 Å². The van der Waals surface area contributed by atoms with Crippen LogP contribution in [0.5, 0.6) is 0 Å². The van der Waals surface area contributed by atoms with Crippen LogP contribution in [0.25, 0.3) is 0 Å². The van der Waals surface area contributed by atoms with Crippen LogP contribution in [0.2, 0.25) is 0 Å². The van der Waals surface area contributed by atoms with Crippen molar-refractivity contribution in [1.29, 1.82) is 0 Å². The van der Waals surface area contributed by atoms with E-state index in [1.807, 2.05) is 0 Å². The zero-order valence-corrected chi connectivity index (χ0v) is 11.1. The predicted molar refractivity (Wildman–Crippen MR) is 65.2 cm³/mol. The molecule has 0 unspecified atom stereocenters. The van der Waals surface area contributed by atoms with Crippen LogP contribution in [0.4, 0.5) is 5.95 Å². The number of nitrogens with one attached hydrogen (secondary N) is 2. The minimum atomic E-state index is -4.10. The van der Waals surface area contributed by atoms with Gasteiger partial charge in [-0.2, -0.15) is 18.6 Å². The molecule has 10 nitrogen and oxygen atoms in total. The molecule has 0 saturated carbocycles. The highest BCUT2D eigenvalue weighted by atomic mass is 32.2. The highest BCUT2D eigenvalue weighted by molar-refractivity contribution is 7.92. The molecule has 0 amide bonds. The summed E-state index contributed by atoms with van der Waals surface area (Å²) < 4.78 is 31.0. The Bertz CT molecular complexity index is 698. The van der Waals surface area contributed by atoms with Crippen molar-refractivity contribution in [2.75, 3.05) is 11.3 Å². The lowest BCUT2D eigenvalue weighted by molar-refractivity contribution is 0.0522. The van der Waals surface area contributed by atoms with E-state index in [-0.39, 0.29) is 18.1 Å². The lowest BCUT2D eigenvalue weighted by atomic mass is 10.4. The number of H-pyrrole nitrogens is 1. The van der Waals surface area contributed by atoms with Gasteiger partial charge in [0, 0.05) is 0 Å². The first-order valence-corrected chi connectivity index (χ1v) is 6.90. The van der Waals surface area contributed by atoms with E-state index in [0.717, 1.165) is 6.20 Å². The molecule has 0 bridgehead atoms. The summed E-state index contributed by atoms with van der Waals surface area (Å²) in [6.45, 7) is 1.72. The van der Waals surface area contributed by atoms with Gasteiger partial charge in [0.15, 0.2) is 5.03 Å². The molecule has 0 atom stereocenters. The average Bonchev–Trinajstić information content (AvgIpc) is 2.90. The number of anilines is 1. The minimum Gasteiger partial charge on any atom is -0.462 e. The van der Waals surface area contributed by atoms with Gasteiger partial charge in [-0.3, -0.25) is 5.10 Å². The number of carbonyl (C=O) groups is 1. The molecule has 11 heteroatoms. The maximum atomic E-state index is 12.1. The summed E-state index contributed by atoms with van der Waals surface area (Å²) >= 11 is 0. The Kier molecular flexibility index (Phi) is 3.89.